The van der Waals surface area contributed by atoms with Crippen LogP contribution in [0.5, 0.6) is 0 Å². The fraction of sp³-hybridized carbons (Fsp3) is 0.444. The topological polar surface area (TPSA) is 78.9 Å². The first-order valence-corrected chi connectivity index (χ1v) is 26.0. The van der Waals surface area contributed by atoms with Crippen LogP contribution in [0.15, 0.2) is 194 Å². The van der Waals surface area contributed by atoms with Gasteiger partial charge in [-0.15, -0.1) is 0 Å². The number of ether oxygens (including phenoxy) is 3. The van der Waals surface area contributed by atoms with Gasteiger partial charge in [0.1, 0.15) is 13.2 Å². The van der Waals surface area contributed by atoms with Crippen LogP contribution in [0.2, 0.25) is 0 Å². The molecule has 0 heterocycles. The molecule has 0 amide bonds. The second kappa shape index (κ2) is 54.9. The summed E-state index contributed by atoms with van der Waals surface area (Å²) >= 11 is 0. The fourth-order valence-electron chi connectivity index (χ4n) is 5.93. The molecular formula is C63H90O6. The summed E-state index contributed by atoms with van der Waals surface area (Å²) in [4.78, 5) is 38.0. The summed E-state index contributed by atoms with van der Waals surface area (Å²) in [6.07, 6.45) is 84.3. The molecule has 0 aliphatic rings. The highest BCUT2D eigenvalue weighted by Gasteiger charge is 2.19. The van der Waals surface area contributed by atoms with E-state index in [-0.39, 0.29) is 38.4 Å². The fourth-order valence-corrected chi connectivity index (χ4v) is 5.93. The molecule has 0 radical (unpaired) electrons. The van der Waals surface area contributed by atoms with Crippen molar-refractivity contribution in [3.8, 4) is 0 Å². The SMILES string of the molecule is CC\C=C/C=C\C=C/C=C\C=C/CCCCCC(=O)OCC(COC(=O)CC/C=C\C/C=C\C/C=C\C/C=C\C/C=C\C/C=C\CC)OC(=O)CCC/C=C\C/C=C\C/C=C\C/C=C\C/C=C\CC. The summed E-state index contributed by atoms with van der Waals surface area (Å²) < 4.78 is 16.6. The Kier molecular flexibility index (Phi) is 50.3. The number of hydrogen-bond donors (Lipinski definition) is 0. The van der Waals surface area contributed by atoms with E-state index in [1.165, 1.54) is 0 Å². The van der Waals surface area contributed by atoms with Crippen molar-refractivity contribution in [2.45, 2.75) is 168 Å². The minimum atomic E-state index is -0.869. The molecular weight excluding hydrogens is 853 g/mol. The third-order valence-corrected chi connectivity index (χ3v) is 9.72. The standard InChI is InChI=1S/C63H90O6/c1-4-7-10-13-16-19-22-25-28-30-31-33-35-38-41-44-47-50-53-56-62(65)68-59-60(58-67-61(64)55-52-49-46-43-40-37-34-27-24-21-18-15-12-9-6-3)69-63(66)57-54-51-48-45-42-39-36-32-29-26-23-20-17-14-11-8-5-2/h7-12,15-21,24-29,31,33-34,36-41,45,47-48,50,60H,4-6,13-14,22-23,30,32,35,42-44,46,49,51-59H2,1-3H3/b10-7-,11-8-,12-9-,18-15-,19-16-,20-17-,24-21-,28-25-,29-26-,33-31-,34-27-,39-36-,40-37-,41-38-,48-45-,50-47-. The maximum absolute atomic E-state index is 12.8. The second-order valence-corrected chi connectivity index (χ2v) is 16.1. The van der Waals surface area contributed by atoms with Crippen LogP contribution in [0, 0.1) is 0 Å². The van der Waals surface area contributed by atoms with Crippen LogP contribution in [-0.4, -0.2) is 37.2 Å². The van der Waals surface area contributed by atoms with E-state index < -0.39 is 18.0 Å². The average molecular weight is 943 g/mol. The van der Waals surface area contributed by atoms with Crippen molar-refractivity contribution in [1.82, 2.24) is 0 Å². The monoisotopic (exact) mass is 943 g/mol. The second-order valence-electron chi connectivity index (χ2n) is 16.1. The van der Waals surface area contributed by atoms with Gasteiger partial charge in [0.05, 0.1) is 0 Å². The van der Waals surface area contributed by atoms with Gasteiger partial charge in [-0.3, -0.25) is 14.4 Å². The van der Waals surface area contributed by atoms with Gasteiger partial charge in [0.25, 0.3) is 0 Å². The highest BCUT2D eigenvalue weighted by atomic mass is 16.6. The van der Waals surface area contributed by atoms with Crippen molar-refractivity contribution in [2.24, 2.45) is 0 Å². The molecule has 0 spiro atoms. The van der Waals surface area contributed by atoms with E-state index in [4.69, 9.17) is 14.2 Å². The molecule has 378 valence electrons. The number of carbonyl (C=O) groups excluding carboxylic acids is 3. The van der Waals surface area contributed by atoms with Crippen LogP contribution in [0.3, 0.4) is 0 Å². The first kappa shape index (κ1) is 63.2. The predicted octanol–water partition coefficient (Wildman–Crippen LogP) is 17.5. The number of hydrogen-bond acceptors (Lipinski definition) is 6. The summed E-state index contributed by atoms with van der Waals surface area (Å²) in [6, 6.07) is 0. The lowest BCUT2D eigenvalue weighted by Crippen LogP contribution is -2.30. The van der Waals surface area contributed by atoms with Crippen molar-refractivity contribution in [1.29, 1.82) is 0 Å². The van der Waals surface area contributed by atoms with Crippen molar-refractivity contribution in [3.63, 3.8) is 0 Å². The summed E-state index contributed by atoms with van der Waals surface area (Å²) in [5, 5.41) is 0. The summed E-state index contributed by atoms with van der Waals surface area (Å²) in [6.45, 7) is 6.07. The highest BCUT2D eigenvalue weighted by molar-refractivity contribution is 5.71. The molecule has 0 aromatic heterocycles. The van der Waals surface area contributed by atoms with Crippen LogP contribution < -0.4 is 0 Å². The molecule has 0 rings (SSSR count). The Morgan fingerprint density at radius 2 is 0.638 bits per heavy atom. The van der Waals surface area contributed by atoms with Gasteiger partial charge < -0.3 is 14.2 Å². The lowest BCUT2D eigenvalue weighted by molar-refractivity contribution is -0.166. The average Bonchev–Trinajstić information content (AvgIpc) is 3.35. The zero-order chi connectivity index (χ0) is 50.0. The number of carbonyl (C=O) groups is 3. The molecule has 1 atom stereocenters. The molecule has 1 unspecified atom stereocenters. The minimum Gasteiger partial charge on any atom is -0.462 e. The minimum absolute atomic E-state index is 0.158. The number of esters is 3. The van der Waals surface area contributed by atoms with Crippen LogP contribution in [-0.2, 0) is 28.6 Å². The van der Waals surface area contributed by atoms with Crippen molar-refractivity contribution >= 4 is 17.9 Å². The van der Waals surface area contributed by atoms with Crippen molar-refractivity contribution < 1.29 is 28.6 Å². The Labute approximate surface area is 420 Å². The molecule has 0 aromatic carbocycles. The number of rotatable bonds is 43. The Bertz CT molecular complexity index is 1750. The van der Waals surface area contributed by atoms with Gasteiger partial charge >= 0.3 is 17.9 Å². The first-order chi connectivity index (χ1) is 34.0. The van der Waals surface area contributed by atoms with Gasteiger partial charge in [0.2, 0.25) is 0 Å². The van der Waals surface area contributed by atoms with Crippen molar-refractivity contribution in [2.75, 3.05) is 13.2 Å². The summed E-state index contributed by atoms with van der Waals surface area (Å²) in [5.74, 6) is -1.16. The summed E-state index contributed by atoms with van der Waals surface area (Å²) in [5.41, 5.74) is 0. The Balaban J connectivity index is 4.72. The smallest absolute Gasteiger partial charge is 0.306 e. The molecule has 6 nitrogen and oxygen atoms in total. The van der Waals surface area contributed by atoms with Crippen LogP contribution >= 0.6 is 0 Å². The van der Waals surface area contributed by atoms with Gasteiger partial charge in [-0.1, -0.05) is 222 Å². The van der Waals surface area contributed by atoms with E-state index in [1.54, 1.807) is 0 Å². The van der Waals surface area contributed by atoms with Crippen LogP contribution in [0.1, 0.15) is 162 Å². The lowest BCUT2D eigenvalue weighted by atomic mass is 10.1. The zero-order valence-corrected chi connectivity index (χ0v) is 43.0. The van der Waals surface area contributed by atoms with Gasteiger partial charge in [0, 0.05) is 19.3 Å². The molecule has 0 aromatic rings. The predicted molar refractivity (Wildman–Crippen MR) is 297 cm³/mol. The van der Waals surface area contributed by atoms with E-state index >= 15 is 0 Å². The van der Waals surface area contributed by atoms with E-state index in [0.29, 0.717) is 19.3 Å². The lowest BCUT2D eigenvalue weighted by Gasteiger charge is -2.18. The number of allylic oxidation sites excluding steroid dienone is 32. The van der Waals surface area contributed by atoms with E-state index in [9.17, 15) is 14.4 Å². The molecule has 0 saturated carbocycles. The van der Waals surface area contributed by atoms with E-state index in [1.807, 2.05) is 60.8 Å². The van der Waals surface area contributed by atoms with Gasteiger partial charge in [-0.25, -0.2) is 0 Å². The molecule has 0 saturated heterocycles. The van der Waals surface area contributed by atoms with Crippen molar-refractivity contribution in [3.05, 3.63) is 194 Å². The van der Waals surface area contributed by atoms with Gasteiger partial charge in [-0.2, -0.15) is 0 Å². The third kappa shape index (κ3) is 53.1. The third-order valence-electron chi connectivity index (χ3n) is 9.72. The highest BCUT2D eigenvalue weighted by Crippen LogP contribution is 2.09. The molecule has 0 fully saturated rings. The van der Waals surface area contributed by atoms with E-state index in [2.05, 4.69) is 154 Å². The molecule has 6 heteroatoms. The Morgan fingerprint density at radius 1 is 0.304 bits per heavy atom. The quantitative estimate of drug-likeness (QED) is 0.0199. The van der Waals surface area contributed by atoms with Gasteiger partial charge in [0.15, 0.2) is 6.10 Å². The maximum atomic E-state index is 12.8. The Morgan fingerprint density at radius 3 is 1.07 bits per heavy atom. The van der Waals surface area contributed by atoms with Crippen LogP contribution in [0.25, 0.3) is 0 Å². The summed E-state index contributed by atoms with van der Waals surface area (Å²) in [7, 11) is 0. The normalized spacial score (nSPS) is 13.7. The van der Waals surface area contributed by atoms with Crippen LogP contribution in [0.4, 0.5) is 0 Å². The molecule has 0 bridgehead atoms. The number of unbranched alkanes of at least 4 members (excludes halogenated alkanes) is 4. The molecule has 69 heavy (non-hydrogen) atoms. The zero-order valence-electron chi connectivity index (χ0n) is 43.0. The first-order valence-electron chi connectivity index (χ1n) is 26.0. The maximum Gasteiger partial charge on any atom is 0.306 e. The largest absolute Gasteiger partial charge is 0.462 e. The van der Waals surface area contributed by atoms with E-state index in [0.717, 1.165) is 103 Å². The Hall–Kier alpha value is -5.75. The molecule has 0 N–H and O–H groups in total. The molecule has 0 aliphatic carbocycles. The van der Waals surface area contributed by atoms with Gasteiger partial charge in [-0.05, 0) is 116 Å². The molecule has 0 aliphatic heterocycles.